The summed E-state index contributed by atoms with van der Waals surface area (Å²) in [6, 6.07) is 5.18. The van der Waals surface area contributed by atoms with Crippen molar-refractivity contribution < 1.29 is 4.79 Å². The van der Waals surface area contributed by atoms with Gasteiger partial charge in [-0.2, -0.15) is 0 Å². The Labute approximate surface area is 120 Å². The number of carbonyl (C=O) groups excluding carboxylic acids is 1. The molecule has 110 valence electrons. The van der Waals surface area contributed by atoms with E-state index in [-0.39, 0.29) is 0 Å². The fourth-order valence-electron chi connectivity index (χ4n) is 3.02. The Kier molecular flexibility index (Phi) is 4.88. The molecule has 20 heavy (non-hydrogen) atoms. The molecule has 1 aliphatic rings. The molecule has 2 rings (SSSR count). The molecule has 0 heterocycles. The van der Waals surface area contributed by atoms with Gasteiger partial charge in [0.15, 0.2) is 0 Å². The van der Waals surface area contributed by atoms with Gasteiger partial charge in [-0.15, -0.1) is 0 Å². The lowest BCUT2D eigenvalue weighted by Gasteiger charge is -2.28. The Morgan fingerprint density at radius 1 is 1.25 bits per heavy atom. The summed E-state index contributed by atoms with van der Waals surface area (Å²) in [5, 5.41) is 3.36. The van der Waals surface area contributed by atoms with Crippen LogP contribution in [0.4, 0.5) is 11.4 Å². The van der Waals surface area contributed by atoms with E-state index < -0.39 is 5.91 Å². The van der Waals surface area contributed by atoms with Crippen molar-refractivity contribution in [1.29, 1.82) is 0 Å². The van der Waals surface area contributed by atoms with Crippen molar-refractivity contribution >= 4 is 17.3 Å². The maximum Gasteiger partial charge on any atom is 0.250 e. The van der Waals surface area contributed by atoms with Gasteiger partial charge in [0.05, 0.1) is 5.56 Å². The molecule has 0 unspecified atom stereocenters. The van der Waals surface area contributed by atoms with E-state index in [4.69, 9.17) is 11.5 Å². The molecule has 1 amide bonds. The maximum absolute atomic E-state index is 11.4. The number of nitrogens with two attached hydrogens (primary N) is 2. The summed E-state index contributed by atoms with van der Waals surface area (Å²) in [5.74, 6) is 1.17. The molecular weight excluding hydrogens is 250 g/mol. The fraction of sp³-hybridized carbons (Fsp3) is 0.562. The van der Waals surface area contributed by atoms with Crippen LogP contribution in [0.3, 0.4) is 0 Å². The average molecular weight is 275 g/mol. The van der Waals surface area contributed by atoms with E-state index in [1.54, 1.807) is 18.2 Å². The summed E-state index contributed by atoms with van der Waals surface area (Å²) < 4.78 is 0. The Morgan fingerprint density at radius 2 is 1.90 bits per heavy atom. The molecule has 4 nitrogen and oxygen atoms in total. The van der Waals surface area contributed by atoms with Gasteiger partial charge in [0.1, 0.15) is 0 Å². The number of amides is 1. The van der Waals surface area contributed by atoms with E-state index in [9.17, 15) is 4.79 Å². The van der Waals surface area contributed by atoms with E-state index in [0.717, 1.165) is 18.2 Å². The Bertz CT molecular complexity index is 465. The number of nitrogen functional groups attached to an aromatic ring is 1. The van der Waals surface area contributed by atoms with Gasteiger partial charge in [0.2, 0.25) is 0 Å². The summed E-state index contributed by atoms with van der Waals surface area (Å²) in [7, 11) is 0. The van der Waals surface area contributed by atoms with Gasteiger partial charge in [-0.3, -0.25) is 4.79 Å². The van der Waals surface area contributed by atoms with Crippen molar-refractivity contribution in [1.82, 2.24) is 0 Å². The summed E-state index contributed by atoms with van der Waals surface area (Å²) in [4.78, 5) is 11.4. The number of nitrogens with one attached hydrogen (secondary N) is 1. The van der Waals surface area contributed by atoms with E-state index in [1.807, 2.05) is 0 Å². The third kappa shape index (κ3) is 3.65. The van der Waals surface area contributed by atoms with Crippen molar-refractivity contribution in [2.75, 3.05) is 17.6 Å². The van der Waals surface area contributed by atoms with Gasteiger partial charge in [0, 0.05) is 17.9 Å². The topological polar surface area (TPSA) is 81.1 Å². The predicted molar refractivity (Wildman–Crippen MR) is 83.6 cm³/mol. The van der Waals surface area contributed by atoms with Crippen LogP contribution in [-0.4, -0.2) is 12.5 Å². The fourth-order valence-corrected chi connectivity index (χ4v) is 3.02. The molecule has 0 bridgehead atoms. The molecule has 0 radical (unpaired) electrons. The highest BCUT2D eigenvalue weighted by atomic mass is 16.1. The van der Waals surface area contributed by atoms with Crippen molar-refractivity contribution in [3.05, 3.63) is 23.8 Å². The lowest BCUT2D eigenvalue weighted by Crippen LogP contribution is -2.22. The normalized spacial score (nSPS) is 22.4. The molecule has 1 saturated carbocycles. The zero-order chi connectivity index (χ0) is 14.5. The largest absolute Gasteiger partial charge is 0.399 e. The Hall–Kier alpha value is -1.71. The van der Waals surface area contributed by atoms with Gasteiger partial charge >= 0.3 is 0 Å². The van der Waals surface area contributed by atoms with Crippen LogP contribution in [-0.2, 0) is 0 Å². The molecule has 0 atom stereocenters. The van der Waals surface area contributed by atoms with E-state index in [2.05, 4.69) is 12.2 Å². The van der Waals surface area contributed by atoms with Crippen LogP contribution in [0.5, 0.6) is 0 Å². The van der Waals surface area contributed by atoms with Crippen LogP contribution in [0.25, 0.3) is 0 Å². The van der Waals surface area contributed by atoms with Crippen molar-refractivity contribution in [3.63, 3.8) is 0 Å². The molecule has 1 fully saturated rings. The zero-order valence-corrected chi connectivity index (χ0v) is 12.2. The predicted octanol–water partition coefficient (Wildman–Crippen LogP) is 3.00. The third-order valence-electron chi connectivity index (χ3n) is 4.43. The van der Waals surface area contributed by atoms with Crippen LogP contribution in [0.2, 0.25) is 0 Å². The Morgan fingerprint density at radius 3 is 2.50 bits per heavy atom. The highest BCUT2D eigenvalue weighted by Crippen LogP contribution is 2.31. The molecule has 4 heteroatoms. The lowest BCUT2D eigenvalue weighted by atomic mass is 9.81. The lowest BCUT2D eigenvalue weighted by molar-refractivity contribution is 0.100. The summed E-state index contributed by atoms with van der Waals surface area (Å²) >= 11 is 0. The number of benzene rings is 1. The van der Waals surface area contributed by atoms with Gasteiger partial charge < -0.3 is 16.8 Å². The minimum Gasteiger partial charge on any atom is -0.399 e. The van der Waals surface area contributed by atoms with Gasteiger partial charge in [-0.05, 0) is 42.9 Å². The van der Waals surface area contributed by atoms with Crippen molar-refractivity contribution in [2.45, 2.75) is 39.0 Å². The molecule has 0 aliphatic heterocycles. The number of primary amides is 1. The van der Waals surface area contributed by atoms with Gasteiger partial charge in [0.25, 0.3) is 5.91 Å². The number of hydrogen-bond donors (Lipinski definition) is 3. The second-order valence-corrected chi connectivity index (χ2v) is 5.85. The SMILES string of the molecule is CCC1CCC(CNc2cc(N)ccc2C(N)=O)CC1. The van der Waals surface area contributed by atoms with Crippen LogP contribution in [0.15, 0.2) is 18.2 Å². The first-order valence-corrected chi connectivity index (χ1v) is 7.53. The van der Waals surface area contributed by atoms with E-state index in [1.165, 1.54) is 32.1 Å². The molecule has 0 aromatic heterocycles. The van der Waals surface area contributed by atoms with Crippen LogP contribution >= 0.6 is 0 Å². The summed E-state index contributed by atoms with van der Waals surface area (Å²) in [6.07, 6.45) is 6.46. The van der Waals surface area contributed by atoms with Gasteiger partial charge in [-0.25, -0.2) is 0 Å². The zero-order valence-electron chi connectivity index (χ0n) is 12.2. The first-order valence-electron chi connectivity index (χ1n) is 7.53. The van der Waals surface area contributed by atoms with Crippen molar-refractivity contribution in [2.24, 2.45) is 17.6 Å². The first kappa shape index (κ1) is 14.7. The molecule has 1 aromatic rings. The number of anilines is 2. The highest BCUT2D eigenvalue weighted by molar-refractivity contribution is 5.99. The maximum atomic E-state index is 11.4. The second kappa shape index (κ2) is 6.64. The number of hydrogen-bond acceptors (Lipinski definition) is 3. The third-order valence-corrected chi connectivity index (χ3v) is 4.43. The van der Waals surface area contributed by atoms with Crippen molar-refractivity contribution in [3.8, 4) is 0 Å². The van der Waals surface area contributed by atoms with E-state index >= 15 is 0 Å². The minimum absolute atomic E-state index is 0.415. The molecule has 0 spiro atoms. The first-order chi connectivity index (χ1) is 9.60. The van der Waals surface area contributed by atoms with Gasteiger partial charge in [-0.1, -0.05) is 26.2 Å². The van der Waals surface area contributed by atoms with E-state index in [0.29, 0.717) is 17.2 Å². The molecule has 5 N–H and O–H groups in total. The summed E-state index contributed by atoms with van der Waals surface area (Å²) in [6.45, 7) is 3.16. The van der Waals surface area contributed by atoms with Crippen LogP contribution in [0.1, 0.15) is 49.4 Å². The standard InChI is InChI=1S/C16H25N3O/c1-2-11-3-5-12(6-4-11)10-19-15-9-13(17)7-8-14(15)16(18)20/h7-9,11-12,19H,2-6,10,17H2,1H3,(H2,18,20). The molecule has 1 aliphatic carbocycles. The number of carbonyl (C=O) groups is 1. The monoisotopic (exact) mass is 275 g/mol. The van der Waals surface area contributed by atoms with Crippen LogP contribution in [0, 0.1) is 11.8 Å². The molecule has 0 saturated heterocycles. The minimum atomic E-state index is -0.415. The number of rotatable bonds is 5. The Balaban J connectivity index is 1.94. The van der Waals surface area contributed by atoms with Crippen LogP contribution < -0.4 is 16.8 Å². The average Bonchev–Trinajstić information content (AvgIpc) is 2.45. The smallest absolute Gasteiger partial charge is 0.250 e. The second-order valence-electron chi connectivity index (χ2n) is 5.85. The molecular formula is C16H25N3O. The quantitative estimate of drug-likeness (QED) is 0.722. The highest BCUT2D eigenvalue weighted by Gasteiger charge is 2.20. The summed E-state index contributed by atoms with van der Waals surface area (Å²) in [5.41, 5.74) is 13.1. The molecule has 1 aromatic carbocycles.